The zero-order valence-corrected chi connectivity index (χ0v) is 14.3. The van der Waals surface area contributed by atoms with Crippen LogP contribution in [-0.2, 0) is 21.6 Å². The zero-order chi connectivity index (χ0) is 18.8. The second-order valence-electron chi connectivity index (χ2n) is 5.04. The van der Waals surface area contributed by atoms with E-state index in [1.165, 1.54) is 12.1 Å². The summed E-state index contributed by atoms with van der Waals surface area (Å²) in [5, 5.41) is 10.4. The first-order valence-electron chi connectivity index (χ1n) is 6.75. The summed E-state index contributed by atoms with van der Waals surface area (Å²) in [4.78, 5) is 21.6. The molecule has 0 spiro atoms. The van der Waals surface area contributed by atoms with Crippen LogP contribution in [0.3, 0.4) is 0 Å². The van der Waals surface area contributed by atoms with Crippen LogP contribution >= 0.6 is 11.6 Å². The number of halogens is 2. The van der Waals surface area contributed by atoms with Crippen LogP contribution in [0.15, 0.2) is 41.3 Å². The van der Waals surface area contributed by atoms with Crippen LogP contribution in [0, 0.1) is 17.0 Å². The number of carbonyl (C=O) groups excluding carboxylic acids is 1. The average Bonchev–Trinajstić information content (AvgIpc) is 2.52. The van der Waals surface area contributed by atoms with E-state index < -0.39 is 31.0 Å². The monoisotopic (exact) mass is 387 g/mol. The van der Waals surface area contributed by atoms with Gasteiger partial charge in [0.2, 0.25) is 0 Å². The van der Waals surface area contributed by atoms with Crippen molar-refractivity contribution in [3.8, 4) is 0 Å². The van der Waals surface area contributed by atoms with Crippen LogP contribution in [0.1, 0.15) is 21.5 Å². The number of nitro groups is 1. The van der Waals surface area contributed by atoms with Gasteiger partial charge in [0, 0.05) is 11.6 Å². The zero-order valence-electron chi connectivity index (χ0n) is 12.7. The Balaban J connectivity index is 2.15. The fourth-order valence-electron chi connectivity index (χ4n) is 2.00. The fraction of sp³-hybridized carbons (Fsp3) is 0.133. The lowest BCUT2D eigenvalue weighted by atomic mass is 10.1. The van der Waals surface area contributed by atoms with Crippen molar-refractivity contribution in [1.29, 1.82) is 0 Å². The molecule has 0 bridgehead atoms. The molecule has 0 heterocycles. The second kappa shape index (κ2) is 7.16. The van der Waals surface area contributed by atoms with Crippen molar-refractivity contribution in [2.45, 2.75) is 18.4 Å². The predicted molar refractivity (Wildman–Crippen MR) is 86.7 cm³/mol. The van der Waals surface area contributed by atoms with E-state index in [1.54, 1.807) is 13.0 Å². The highest BCUT2D eigenvalue weighted by Gasteiger charge is 2.19. The summed E-state index contributed by atoms with van der Waals surface area (Å²) in [7, 11) is -5.00. The molecular formula is C15H11ClFNO6S. The first-order chi connectivity index (χ1) is 11.6. The van der Waals surface area contributed by atoms with E-state index in [9.17, 15) is 27.2 Å². The molecule has 0 aliphatic rings. The van der Waals surface area contributed by atoms with Gasteiger partial charge in [-0.25, -0.2) is 4.79 Å². The molecule has 0 atom stereocenters. The minimum absolute atomic E-state index is 0.0842. The molecule has 0 amide bonds. The molecule has 25 heavy (non-hydrogen) atoms. The lowest BCUT2D eigenvalue weighted by Gasteiger charge is -2.07. The Morgan fingerprint density at radius 1 is 1.28 bits per heavy atom. The summed E-state index contributed by atoms with van der Waals surface area (Å²) in [5.41, 5.74) is 0.683. The number of nitrogens with zero attached hydrogens (tertiary/aromatic N) is 1. The first kappa shape index (κ1) is 18.8. The summed E-state index contributed by atoms with van der Waals surface area (Å²) < 4.78 is 39.6. The minimum atomic E-state index is -5.00. The van der Waals surface area contributed by atoms with Crippen molar-refractivity contribution in [2.75, 3.05) is 0 Å². The Labute approximate surface area is 147 Å². The van der Waals surface area contributed by atoms with E-state index in [4.69, 9.17) is 16.3 Å². The SMILES string of the molecule is Cc1ccc(COC(=O)c2ccc(S(=O)(=O)F)c(Cl)c2)cc1[N+](=O)[O-]. The summed E-state index contributed by atoms with van der Waals surface area (Å²) in [6.07, 6.45) is 0. The largest absolute Gasteiger partial charge is 0.457 e. The van der Waals surface area contributed by atoms with E-state index in [0.717, 1.165) is 18.2 Å². The number of hydrogen-bond donors (Lipinski definition) is 0. The van der Waals surface area contributed by atoms with Crippen LogP contribution in [0.25, 0.3) is 0 Å². The first-order valence-corrected chi connectivity index (χ1v) is 8.51. The number of benzene rings is 2. The molecule has 0 aliphatic heterocycles. The third-order valence-corrected chi connectivity index (χ3v) is 4.58. The van der Waals surface area contributed by atoms with Crippen LogP contribution < -0.4 is 0 Å². The van der Waals surface area contributed by atoms with Gasteiger partial charge in [0.15, 0.2) is 0 Å². The maximum atomic E-state index is 12.9. The molecule has 0 radical (unpaired) electrons. The molecule has 7 nitrogen and oxygen atoms in total. The minimum Gasteiger partial charge on any atom is -0.457 e. The van der Waals surface area contributed by atoms with Gasteiger partial charge in [0.1, 0.15) is 11.5 Å². The normalized spacial score (nSPS) is 11.2. The maximum absolute atomic E-state index is 12.9. The standard InChI is InChI=1S/C15H11ClFNO6S/c1-9-2-3-10(6-13(9)18(20)21)8-24-15(19)11-4-5-14(12(16)7-11)25(17,22)23/h2-7H,8H2,1H3. The van der Waals surface area contributed by atoms with Gasteiger partial charge in [-0.15, -0.1) is 3.89 Å². The quantitative estimate of drug-likeness (QED) is 0.336. The predicted octanol–water partition coefficient (Wildman–Crippen LogP) is 3.57. The highest BCUT2D eigenvalue weighted by atomic mass is 35.5. The highest BCUT2D eigenvalue weighted by Crippen LogP contribution is 2.25. The molecule has 2 aromatic carbocycles. The number of esters is 1. The molecule has 0 aliphatic carbocycles. The molecular weight excluding hydrogens is 377 g/mol. The maximum Gasteiger partial charge on any atom is 0.338 e. The van der Waals surface area contributed by atoms with Gasteiger partial charge in [-0.1, -0.05) is 23.7 Å². The van der Waals surface area contributed by atoms with Crippen molar-refractivity contribution < 1.29 is 26.8 Å². The number of ether oxygens (including phenoxy) is 1. The molecule has 2 aromatic rings. The fourth-order valence-corrected chi connectivity index (χ4v) is 2.98. The Kier molecular flexibility index (Phi) is 5.39. The van der Waals surface area contributed by atoms with Gasteiger partial charge in [-0.05, 0) is 30.7 Å². The smallest absolute Gasteiger partial charge is 0.338 e. The molecule has 0 saturated carbocycles. The number of rotatable bonds is 5. The Bertz CT molecular complexity index is 960. The summed E-state index contributed by atoms with van der Waals surface area (Å²) in [5.74, 6) is -0.840. The molecule has 0 N–H and O–H groups in total. The van der Waals surface area contributed by atoms with Gasteiger partial charge in [0.25, 0.3) is 5.69 Å². The number of hydrogen-bond acceptors (Lipinski definition) is 6. The van der Waals surface area contributed by atoms with Gasteiger partial charge < -0.3 is 4.74 Å². The van der Waals surface area contributed by atoms with Crippen molar-refractivity contribution in [1.82, 2.24) is 0 Å². The second-order valence-corrected chi connectivity index (χ2v) is 6.76. The van der Waals surface area contributed by atoms with Gasteiger partial charge in [0.05, 0.1) is 15.5 Å². The number of nitro benzene ring substituents is 1. The van der Waals surface area contributed by atoms with E-state index >= 15 is 0 Å². The molecule has 0 fully saturated rings. The van der Waals surface area contributed by atoms with Crippen LogP contribution in [-0.4, -0.2) is 19.3 Å². The summed E-state index contributed by atoms with van der Waals surface area (Å²) >= 11 is 5.65. The molecule has 0 aromatic heterocycles. The van der Waals surface area contributed by atoms with E-state index in [1.807, 2.05) is 0 Å². The van der Waals surface area contributed by atoms with Crippen LogP contribution in [0.4, 0.5) is 9.57 Å². The molecule has 0 saturated heterocycles. The lowest BCUT2D eigenvalue weighted by molar-refractivity contribution is -0.385. The van der Waals surface area contributed by atoms with Crippen LogP contribution in [0.2, 0.25) is 5.02 Å². The molecule has 0 unspecified atom stereocenters. The Morgan fingerprint density at radius 3 is 2.52 bits per heavy atom. The molecule has 132 valence electrons. The summed E-state index contributed by atoms with van der Waals surface area (Å²) in [6, 6.07) is 7.26. The van der Waals surface area contributed by atoms with Gasteiger partial charge in [-0.2, -0.15) is 8.42 Å². The highest BCUT2D eigenvalue weighted by molar-refractivity contribution is 7.86. The summed E-state index contributed by atoms with van der Waals surface area (Å²) in [6.45, 7) is 1.34. The topological polar surface area (TPSA) is 104 Å². The van der Waals surface area contributed by atoms with Crippen molar-refractivity contribution in [2.24, 2.45) is 0 Å². The van der Waals surface area contributed by atoms with Crippen molar-refractivity contribution >= 4 is 33.5 Å². The third-order valence-electron chi connectivity index (χ3n) is 3.27. The average molecular weight is 388 g/mol. The number of carbonyl (C=O) groups is 1. The van der Waals surface area contributed by atoms with Crippen LogP contribution in [0.5, 0.6) is 0 Å². The number of aryl methyl sites for hydroxylation is 1. The third kappa shape index (κ3) is 4.52. The van der Waals surface area contributed by atoms with Crippen molar-refractivity contribution in [3.05, 3.63) is 68.2 Å². The Hall–Kier alpha value is -2.52. The molecule has 10 heteroatoms. The van der Waals surface area contributed by atoms with E-state index in [-0.39, 0.29) is 17.9 Å². The van der Waals surface area contributed by atoms with E-state index in [2.05, 4.69) is 0 Å². The molecule has 2 rings (SSSR count). The van der Waals surface area contributed by atoms with Gasteiger partial charge >= 0.3 is 16.2 Å². The van der Waals surface area contributed by atoms with E-state index in [0.29, 0.717) is 11.1 Å². The lowest BCUT2D eigenvalue weighted by Crippen LogP contribution is -2.06. The Morgan fingerprint density at radius 2 is 1.96 bits per heavy atom. The van der Waals surface area contributed by atoms with Gasteiger partial charge in [-0.3, -0.25) is 10.1 Å². The van der Waals surface area contributed by atoms with Crippen molar-refractivity contribution in [3.63, 3.8) is 0 Å².